The van der Waals surface area contributed by atoms with Crippen LogP contribution in [-0.4, -0.2) is 15.0 Å². The summed E-state index contributed by atoms with van der Waals surface area (Å²) in [6, 6.07) is 23.1. The third-order valence-corrected chi connectivity index (χ3v) is 12.3. The molecule has 0 bridgehead atoms. The minimum absolute atomic E-state index is 0. The standard InChI is InChI=1S/C38H49N2O.C18H22N.Ir/c1-25-11-12-31-30-9-8-10-32(34(30)41-35(31)40-25)33-21-27(16-20-39-33)26-13-17-38(18-14-26)19-15-28(22-36(2,3)4)29(24-38)23-37(5,6)7;1-13-6-8-15(9-7-13)17-10-16(11-18(3,4)5)14(2)12-19-17;/h8-9,11-12,16,20-21,26,28-29H,13-15,17-19,22-24H2,1-7H3;6-8,10,12H,11H2,1-5H3;/q2*-1;/i1D3,26D;1D3,2D3,11D2;. The Bertz CT molecular complexity index is 2870. The van der Waals surface area contributed by atoms with Gasteiger partial charge in [-0.2, -0.15) is 0 Å². The van der Waals surface area contributed by atoms with Crippen LogP contribution in [0.25, 0.3) is 44.6 Å². The third-order valence-electron chi connectivity index (χ3n) is 12.3. The molecule has 61 heavy (non-hydrogen) atoms. The van der Waals surface area contributed by atoms with Crippen molar-refractivity contribution in [3.8, 4) is 22.5 Å². The molecule has 4 heterocycles. The third kappa shape index (κ3) is 11.9. The van der Waals surface area contributed by atoms with Gasteiger partial charge >= 0.3 is 0 Å². The second-order valence-electron chi connectivity index (χ2n) is 21.1. The van der Waals surface area contributed by atoms with Crippen LogP contribution in [0.2, 0.25) is 0 Å². The fourth-order valence-corrected chi connectivity index (χ4v) is 9.75. The molecule has 0 N–H and O–H groups in total. The Morgan fingerprint density at radius 1 is 0.787 bits per heavy atom. The molecular formula is C56H71IrN3O-2. The van der Waals surface area contributed by atoms with Crippen LogP contribution in [0.4, 0.5) is 0 Å². The maximum atomic E-state index is 9.68. The molecule has 1 radical (unpaired) electrons. The van der Waals surface area contributed by atoms with E-state index < -0.39 is 38.2 Å². The van der Waals surface area contributed by atoms with E-state index in [9.17, 15) is 1.37 Å². The Labute approximate surface area is 398 Å². The number of aryl methyl sites for hydroxylation is 3. The molecule has 327 valence electrons. The van der Waals surface area contributed by atoms with E-state index in [1.165, 1.54) is 62.6 Å². The van der Waals surface area contributed by atoms with Gasteiger partial charge in [0.1, 0.15) is 0 Å². The molecular weight excluding hydrogens is 923 g/mol. The molecule has 0 amide bonds. The van der Waals surface area contributed by atoms with Gasteiger partial charge in [0.25, 0.3) is 0 Å². The molecule has 2 aromatic carbocycles. The van der Waals surface area contributed by atoms with Crippen molar-refractivity contribution in [2.45, 2.75) is 153 Å². The minimum atomic E-state index is -2.51. The molecule has 2 saturated carbocycles. The number of furan rings is 1. The molecule has 5 heteroatoms. The molecule has 2 aliphatic carbocycles. The van der Waals surface area contributed by atoms with Gasteiger partial charge in [-0.15, -0.1) is 53.6 Å². The summed E-state index contributed by atoms with van der Waals surface area (Å²) in [7, 11) is 0. The average molecular weight is 1010 g/mol. The van der Waals surface area contributed by atoms with Crippen LogP contribution in [0.5, 0.6) is 0 Å². The molecule has 1 spiro atoms. The molecule has 6 aromatic rings. The second kappa shape index (κ2) is 18.6. The van der Waals surface area contributed by atoms with Crippen molar-refractivity contribution in [1.29, 1.82) is 0 Å². The van der Waals surface area contributed by atoms with Crippen molar-refractivity contribution in [1.82, 2.24) is 15.0 Å². The number of fused-ring (bicyclic) bond motifs is 3. The van der Waals surface area contributed by atoms with E-state index in [-0.39, 0.29) is 42.5 Å². The van der Waals surface area contributed by atoms with Gasteiger partial charge in [-0.25, -0.2) is 4.98 Å². The summed E-state index contributed by atoms with van der Waals surface area (Å²) in [6.45, 7) is 12.4. The zero-order valence-electron chi connectivity index (χ0n) is 49.5. The Hall–Kier alpha value is -3.66. The number of hydrogen-bond donors (Lipinski definition) is 0. The topological polar surface area (TPSA) is 51.8 Å². The maximum absolute atomic E-state index is 9.68. The molecule has 2 aliphatic rings. The maximum Gasteiger partial charge on any atom is 0.216 e. The summed E-state index contributed by atoms with van der Waals surface area (Å²) in [5.74, 6) is 0.907. The van der Waals surface area contributed by atoms with E-state index >= 15 is 0 Å². The SMILES string of the molecule is [2H]C([2H])([2H])c1c[c-]c(-c2cc(C([2H])([2H])C(C)(C)C)c(C([2H])([2H])[2H])cn2)cc1.[2H]C([2H])([2H])c1ccc2c(n1)oc1c(-c3cc(C4([2H])CCC5(CCC(CC(C)(C)C)C(CC(C)(C)C)C5)CC4)ccn3)[c-]ccc12.[Ir]. The van der Waals surface area contributed by atoms with Crippen LogP contribution < -0.4 is 0 Å². The quantitative estimate of drug-likeness (QED) is 0.156. The number of aromatic nitrogens is 3. The van der Waals surface area contributed by atoms with Gasteiger partial charge in [0.05, 0.1) is 5.58 Å². The molecule has 4 nitrogen and oxygen atoms in total. The van der Waals surface area contributed by atoms with Crippen LogP contribution in [0.15, 0.2) is 77.5 Å². The Kier molecular flexibility index (Phi) is 10.0. The van der Waals surface area contributed by atoms with Crippen molar-refractivity contribution < 1.29 is 41.0 Å². The number of pyridine rings is 3. The van der Waals surface area contributed by atoms with Crippen LogP contribution >= 0.6 is 0 Å². The molecule has 2 atom stereocenters. The van der Waals surface area contributed by atoms with Crippen LogP contribution in [0.3, 0.4) is 0 Å². The summed E-state index contributed by atoms with van der Waals surface area (Å²) in [5, 5.41) is 1.61. The predicted molar refractivity (Wildman–Crippen MR) is 252 cm³/mol. The molecule has 0 aliphatic heterocycles. The summed E-state index contributed by atoms with van der Waals surface area (Å²) in [5.41, 5.74) is 4.37. The van der Waals surface area contributed by atoms with Crippen molar-refractivity contribution in [3.63, 3.8) is 0 Å². The molecule has 4 aromatic heterocycles. The summed E-state index contributed by atoms with van der Waals surface area (Å²) in [4.78, 5) is 13.2. The van der Waals surface area contributed by atoms with Crippen molar-refractivity contribution in [2.75, 3.05) is 0 Å². The van der Waals surface area contributed by atoms with Crippen LogP contribution in [0.1, 0.15) is 170 Å². The van der Waals surface area contributed by atoms with E-state index in [2.05, 4.69) is 63.6 Å². The second-order valence-corrected chi connectivity index (χ2v) is 21.1. The number of rotatable bonds is 6. The molecule has 0 saturated heterocycles. The van der Waals surface area contributed by atoms with Gasteiger partial charge in [-0.05, 0) is 152 Å². The van der Waals surface area contributed by atoms with Gasteiger partial charge in [0, 0.05) is 60.0 Å². The Morgan fingerprint density at radius 3 is 2.21 bits per heavy atom. The predicted octanol–water partition coefficient (Wildman–Crippen LogP) is 15.8. The largest absolute Gasteiger partial charge is 0.486 e. The van der Waals surface area contributed by atoms with E-state index in [1.807, 2.05) is 30.5 Å². The van der Waals surface area contributed by atoms with E-state index in [0.29, 0.717) is 50.1 Å². The first kappa shape index (κ1) is 32.9. The monoisotopic (exact) mass is 1010 g/mol. The van der Waals surface area contributed by atoms with Crippen LogP contribution in [-0.2, 0) is 26.5 Å². The Balaban J connectivity index is 0.000000267. The number of nitrogens with zero attached hydrogens (tertiary/aromatic N) is 3. The van der Waals surface area contributed by atoms with Gasteiger partial charge in [0.2, 0.25) is 5.71 Å². The van der Waals surface area contributed by atoms with E-state index in [1.54, 1.807) is 32.9 Å². The van der Waals surface area contributed by atoms with Crippen LogP contribution in [0, 0.1) is 66.2 Å². The Morgan fingerprint density at radius 2 is 1.54 bits per heavy atom. The fraction of sp³-hybridized carbons (Fsp3) is 0.518. The van der Waals surface area contributed by atoms with E-state index in [4.69, 9.17) is 24.5 Å². The first-order valence-corrected chi connectivity index (χ1v) is 21.7. The molecule has 2 fully saturated rings. The van der Waals surface area contributed by atoms with Gasteiger partial charge in [0.15, 0.2) is 0 Å². The fourth-order valence-electron chi connectivity index (χ4n) is 9.75. The molecule has 2 unspecified atom stereocenters. The zero-order chi connectivity index (χ0) is 53.3. The first-order valence-electron chi connectivity index (χ1n) is 27.7. The summed E-state index contributed by atoms with van der Waals surface area (Å²) < 4.78 is 102. The van der Waals surface area contributed by atoms with Crippen molar-refractivity contribution >= 4 is 22.1 Å². The number of benzene rings is 2. The molecule has 8 rings (SSSR count). The van der Waals surface area contributed by atoms with Crippen molar-refractivity contribution in [2.24, 2.45) is 33.5 Å². The smallest absolute Gasteiger partial charge is 0.216 e. The van der Waals surface area contributed by atoms with Crippen molar-refractivity contribution in [3.05, 3.63) is 113 Å². The average Bonchev–Trinajstić information content (AvgIpc) is 3.65. The minimum Gasteiger partial charge on any atom is -0.486 e. The summed E-state index contributed by atoms with van der Waals surface area (Å²) in [6.07, 6.45) is 11.5. The zero-order valence-corrected chi connectivity index (χ0v) is 39.9. The van der Waals surface area contributed by atoms with Gasteiger partial charge in [-0.1, -0.05) is 103 Å². The number of hydrogen-bond acceptors (Lipinski definition) is 4. The van der Waals surface area contributed by atoms with Gasteiger partial charge in [-0.3, -0.25) is 0 Å². The first-order chi connectivity index (χ1) is 33.0. The van der Waals surface area contributed by atoms with Gasteiger partial charge < -0.3 is 14.4 Å². The normalized spacial score (nSPS) is 25.9. The summed E-state index contributed by atoms with van der Waals surface area (Å²) >= 11 is 0. The van der Waals surface area contributed by atoms with E-state index in [0.717, 1.165) is 53.9 Å².